The third-order valence-corrected chi connectivity index (χ3v) is 4.61. The van der Waals surface area contributed by atoms with Crippen LogP contribution >= 0.6 is 0 Å². The van der Waals surface area contributed by atoms with Crippen LogP contribution in [0.25, 0.3) is 0 Å². The van der Waals surface area contributed by atoms with Gasteiger partial charge in [-0.05, 0) is 38.0 Å². The van der Waals surface area contributed by atoms with Gasteiger partial charge in [-0.3, -0.25) is 14.3 Å². The van der Waals surface area contributed by atoms with E-state index in [2.05, 4.69) is 10.4 Å². The number of nitrogens with one attached hydrogen (secondary N) is 1. The van der Waals surface area contributed by atoms with E-state index in [1.54, 1.807) is 11.8 Å². The molecule has 132 valence electrons. The molecule has 2 amide bonds. The van der Waals surface area contributed by atoms with Crippen molar-refractivity contribution in [1.82, 2.24) is 15.1 Å². The van der Waals surface area contributed by atoms with Gasteiger partial charge in [-0.25, -0.2) is 0 Å². The van der Waals surface area contributed by atoms with Crippen LogP contribution in [-0.4, -0.2) is 28.1 Å². The van der Waals surface area contributed by atoms with Gasteiger partial charge >= 0.3 is 0 Å². The number of para-hydroxylation sites is 1. The number of amides is 2. The first-order valence-corrected chi connectivity index (χ1v) is 8.63. The van der Waals surface area contributed by atoms with Crippen molar-refractivity contribution in [1.29, 1.82) is 0 Å². The lowest BCUT2D eigenvalue weighted by Gasteiger charge is -2.34. The molecule has 1 aromatic carbocycles. The van der Waals surface area contributed by atoms with Crippen molar-refractivity contribution in [2.24, 2.45) is 0 Å². The van der Waals surface area contributed by atoms with Gasteiger partial charge in [0.05, 0.1) is 11.7 Å². The molecule has 0 saturated heterocycles. The molecule has 0 saturated carbocycles. The monoisotopic (exact) mass is 340 g/mol. The van der Waals surface area contributed by atoms with Crippen LogP contribution in [0, 0.1) is 13.8 Å². The Balaban J connectivity index is 1.66. The van der Waals surface area contributed by atoms with Crippen LogP contribution in [-0.2, 0) is 16.1 Å². The van der Waals surface area contributed by atoms with Gasteiger partial charge in [0, 0.05) is 37.8 Å². The zero-order valence-corrected chi connectivity index (χ0v) is 15.0. The number of hydrogen-bond donors (Lipinski definition) is 1. The number of anilines is 1. The fraction of sp³-hybridized carbons (Fsp3) is 0.421. The van der Waals surface area contributed by atoms with E-state index in [0.29, 0.717) is 19.5 Å². The molecule has 0 radical (unpaired) electrons. The molecule has 1 N–H and O–H groups in total. The number of rotatable bonds is 4. The Kier molecular flexibility index (Phi) is 4.88. The summed E-state index contributed by atoms with van der Waals surface area (Å²) in [5, 5.41) is 7.50. The molecule has 0 fully saturated rings. The van der Waals surface area contributed by atoms with E-state index in [9.17, 15) is 9.59 Å². The van der Waals surface area contributed by atoms with E-state index < -0.39 is 0 Å². The maximum Gasteiger partial charge on any atom is 0.223 e. The largest absolute Gasteiger partial charge is 0.349 e. The van der Waals surface area contributed by atoms with Crippen molar-refractivity contribution in [3.63, 3.8) is 0 Å². The first-order valence-electron chi connectivity index (χ1n) is 8.63. The Labute approximate surface area is 147 Å². The summed E-state index contributed by atoms with van der Waals surface area (Å²) in [5.74, 6) is 0.0328. The lowest BCUT2D eigenvalue weighted by molar-refractivity contribution is -0.122. The number of fused-ring (bicyclic) bond motifs is 1. The van der Waals surface area contributed by atoms with E-state index in [1.807, 2.05) is 48.9 Å². The molecule has 0 spiro atoms. The van der Waals surface area contributed by atoms with Crippen molar-refractivity contribution in [3.8, 4) is 0 Å². The van der Waals surface area contributed by atoms with Gasteiger partial charge in [0.25, 0.3) is 0 Å². The van der Waals surface area contributed by atoms with Crippen molar-refractivity contribution < 1.29 is 9.59 Å². The molecular formula is C19H24N4O2. The number of carbonyl (C=O) groups excluding carboxylic acids is 2. The second-order valence-corrected chi connectivity index (χ2v) is 6.54. The minimum Gasteiger partial charge on any atom is -0.349 e. The molecule has 1 aliphatic rings. The lowest BCUT2D eigenvalue weighted by atomic mass is 9.96. The highest BCUT2D eigenvalue weighted by atomic mass is 16.2. The van der Waals surface area contributed by atoms with Gasteiger partial charge in [-0.2, -0.15) is 5.10 Å². The quantitative estimate of drug-likeness (QED) is 0.930. The zero-order valence-electron chi connectivity index (χ0n) is 15.0. The minimum absolute atomic E-state index is 0.00336. The number of aromatic nitrogens is 2. The molecule has 6 nitrogen and oxygen atoms in total. The first kappa shape index (κ1) is 17.2. The Morgan fingerprint density at radius 3 is 2.72 bits per heavy atom. The SMILES string of the molecule is CC(=O)N1CCC(NC(=O)CCn2nc(C)cc2C)c2ccccc21. The summed E-state index contributed by atoms with van der Waals surface area (Å²) in [5.41, 5.74) is 3.92. The predicted molar refractivity (Wildman–Crippen MR) is 96.3 cm³/mol. The normalized spacial score (nSPS) is 16.4. The molecule has 0 bridgehead atoms. The van der Waals surface area contributed by atoms with Crippen LogP contribution in [0.15, 0.2) is 30.3 Å². The number of aryl methyl sites for hydroxylation is 3. The summed E-state index contributed by atoms with van der Waals surface area (Å²) in [4.78, 5) is 26.0. The van der Waals surface area contributed by atoms with E-state index in [1.165, 1.54) is 0 Å². The van der Waals surface area contributed by atoms with Crippen LogP contribution in [0.1, 0.15) is 42.8 Å². The second kappa shape index (κ2) is 7.09. The topological polar surface area (TPSA) is 67.2 Å². The summed E-state index contributed by atoms with van der Waals surface area (Å²) >= 11 is 0. The summed E-state index contributed by atoms with van der Waals surface area (Å²) < 4.78 is 1.86. The highest BCUT2D eigenvalue weighted by molar-refractivity contribution is 5.93. The Hall–Kier alpha value is -2.63. The van der Waals surface area contributed by atoms with Crippen LogP contribution in [0.2, 0.25) is 0 Å². The molecule has 3 rings (SSSR count). The molecule has 0 aliphatic carbocycles. The predicted octanol–water partition coefficient (Wildman–Crippen LogP) is 2.50. The van der Waals surface area contributed by atoms with Crippen molar-refractivity contribution in [3.05, 3.63) is 47.3 Å². The smallest absolute Gasteiger partial charge is 0.223 e. The standard InChI is InChI=1S/C19H24N4O2/c1-13-12-14(2)23(21-13)11-9-19(25)20-17-8-10-22(15(3)24)18-7-5-4-6-16(17)18/h4-7,12,17H,8-11H2,1-3H3,(H,20,25). The third-order valence-electron chi connectivity index (χ3n) is 4.61. The minimum atomic E-state index is -0.0558. The van der Waals surface area contributed by atoms with Crippen LogP contribution in [0.5, 0.6) is 0 Å². The molecule has 6 heteroatoms. The summed E-state index contributed by atoms with van der Waals surface area (Å²) in [6.07, 6.45) is 1.11. The van der Waals surface area contributed by atoms with Gasteiger partial charge in [-0.1, -0.05) is 18.2 Å². The molecule has 2 heterocycles. The molecular weight excluding hydrogens is 316 g/mol. The van der Waals surface area contributed by atoms with Crippen molar-refractivity contribution in [2.75, 3.05) is 11.4 Å². The first-order chi connectivity index (χ1) is 12.0. The number of nitrogens with zero attached hydrogens (tertiary/aromatic N) is 3. The molecule has 2 aromatic rings. The van der Waals surface area contributed by atoms with E-state index >= 15 is 0 Å². The molecule has 1 atom stereocenters. The molecule has 25 heavy (non-hydrogen) atoms. The van der Waals surface area contributed by atoms with Crippen molar-refractivity contribution in [2.45, 2.75) is 46.2 Å². The maximum absolute atomic E-state index is 12.4. The Morgan fingerprint density at radius 1 is 1.28 bits per heavy atom. The fourth-order valence-corrected chi connectivity index (χ4v) is 3.41. The second-order valence-electron chi connectivity index (χ2n) is 6.54. The number of benzene rings is 1. The summed E-state index contributed by atoms with van der Waals surface area (Å²) in [6.45, 7) is 6.70. The highest BCUT2D eigenvalue weighted by Gasteiger charge is 2.27. The van der Waals surface area contributed by atoms with Crippen LogP contribution in [0.4, 0.5) is 5.69 Å². The lowest BCUT2D eigenvalue weighted by Crippen LogP contribution is -2.40. The molecule has 1 aliphatic heterocycles. The summed E-state index contributed by atoms with van der Waals surface area (Å²) in [7, 11) is 0. The van der Waals surface area contributed by atoms with Crippen molar-refractivity contribution >= 4 is 17.5 Å². The zero-order chi connectivity index (χ0) is 18.0. The Morgan fingerprint density at radius 2 is 2.04 bits per heavy atom. The maximum atomic E-state index is 12.4. The van der Waals surface area contributed by atoms with Gasteiger partial charge in [0.15, 0.2) is 0 Å². The third kappa shape index (κ3) is 3.73. The molecule has 1 unspecified atom stereocenters. The Bertz CT molecular complexity index is 796. The summed E-state index contributed by atoms with van der Waals surface area (Å²) in [6, 6.07) is 9.73. The molecule has 1 aromatic heterocycles. The van der Waals surface area contributed by atoms with Crippen LogP contribution < -0.4 is 10.2 Å². The number of carbonyl (C=O) groups is 2. The van der Waals surface area contributed by atoms with E-state index in [-0.39, 0.29) is 17.9 Å². The number of hydrogen-bond acceptors (Lipinski definition) is 3. The van der Waals surface area contributed by atoms with E-state index in [0.717, 1.165) is 29.1 Å². The van der Waals surface area contributed by atoms with Gasteiger partial charge in [-0.15, -0.1) is 0 Å². The highest BCUT2D eigenvalue weighted by Crippen LogP contribution is 2.33. The van der Waals surface area contributed by atoms with Gasteiger partial charge < -0.3 is 10.2 Å². The van der Waals surface area contributed by atoms with Crippen LogP contribution in [0.3, 0.4) is 0 Å². The average Bonchev–Trinajstić information content (AvgIpc) is 2.90. The van der Waals surface area contributed by atoms with Gasteiger partial charge in [0.1, 0.15) is 0 Å². The van der Waals surface area contributed by atoms with Gasteiger partial charge in [0.2, 0.25) is 11.8 Å². The van der Waals surface area contributed by atoms with E-state index in [4.69, 9.17) is 0 Å². The average molecular weight is 340 g/mol. The fourth-order valence-electron chi connectivity index (χ4n) is 3.41.